The van der Waals surface area contributed by atoms with Gasteiger partial charge in [-0.25, -0.2) is 4.99 Å². The molecule has 0 saturated heterocycles. The van der Waals surface area contributed by atoms with Crippen molar-refractivity contribution in [2.75, 3.05) is 0 Å². The molecule has 2 N–H and O–H groups in total. The van der Waals surface area contributed by atoms with Gasteiger partial charge in [-0.15, -0.1) is 0 Å². The number of nitrogens with two attached hydrogens (primary N) is 1. The van der Waals surface area contributed by atoms with Crippen LogP contribution in [0.15, 0.2) is 45.9 Å². The van der Waals surface area contributed by atoms with Crippen LogP contribution in [0.2, 0.25) is 0 Å². The first kappa shape index (κ1) is 11.1. The second-order valence-electron chi connectivity index (χ2n) is 3.57. The van der Waals surface area contributed by atoms with Crippen LogP contribution in [0.4, 0.5) is 5.69 Å². The third-order valence-electron chi connectivity index (χ3n) is 2.47. The zero-order chi connectivity index (χ0) is 11.5. The molecule has 0 amide bonds. The number of nitrogens with zero attached hydrogens (tertiary/aromatic N) is 1. The highest BCUT2D eigenvalue weighted by molar-refractivity contribution is 9.10. The molecular formula is C13H13BrN2. The minimum absolute atomic E-state index is 0.660. The van der Waals surface area contributed by atoms with E-state index in [1.165, 1.54) is 0 Å². The Bertz CT molecular complexity index is 547. The van der Waals surface area contributed by atoms with Crippen molar-refractivity contribution in [2.45, 2.75) is 13.3 Å². The van der Waals surface area contributed by atoms with Crippen LogP contribution in [0.5, 0.6) is 0 Å². The van der Waals surface area contributed by atoms with Crippen LogP contribution in [0, 0.1) is 0 Å². The molecule has 0 atom stereocenters. The Morgan fingerprint density at radius 3 is 2.56 bits per heavy atom. The van der Waals surface area contributed by atoms with Gasteiger partial charge in [0.2, 0.25) is 0 Å². The number of halogens is 1. The molecule has 2 rings (SSSR count). The second-order valence-corrected chi connectivity index (χ2v) is 4.42. The highest BCUT2D eigenvalue weighted by Crippen LogP contribution is 2.31. The van der Waals surface area contributed by atoms with Crippen LogP contribution >= 0.6 is 15.9 Å². The first-order valence-corrected chi connectivity index (χ1v) is 6.02. The van der Waals surface area contributed by atoms with E-state index < -0.39 is 0 Å². The number of fused-ring (bicyclic) bond motifs is 1. The molecule has 0 saturated carbocycles. The van der Waals surface area contributed by atoms with Crippen LogP contribution in [0.3, 0.4) is 0 Å². The van der Waals surface area contributed by atoms with E-state index in [1.54, 1.807) is 0 Å². The van der Waals surface area contributed by atoms with Gasteiger partial charge in [0.1, 0.15) is 0 Å². The van der Waals surface area contributed by atoms with E-state index in [2.05, 4.69) is 33.1 Å². The molecule has 2 aromatic carbocycles. The Morgan fingerprint density at radius 2 is 1.88 bits per heavy atom. The molecule has 0 fully saturated rings. The fourth-order valence-corrected chi connectivity index (χ4v) is 2.06. The van der Waals surface area contributed by atoms with Gasteiger partial charge in [-0.05, 0) is 17.5 Å². The van der Waals surface area contributed by atoms with Crippen LogP contribution in [0.25, 0.3) is 10.8 Å². The zero-order valence-corrected chi connectivity index (χ0v) is 10.7. The maximum absolute atomic E-state index is 5.77. The molecular weight excluding hydrogens is 264 g/mol. The molecule has 3 heteroatoms. The molecule has 82 valence electrons. The Kier molecular flexibility index (Phi) is 3.25. The molecule has 0 radical (unpaired) electrons. The fraction of sp³-hybridized carbons (Fsp3) is 0.154. The summed E-state index contributed by atoms with van der Waals surface area (Å²) in [5.74, 6) is 0.660. The Balaban J connectivity index is 2.68. The SMILES string of the molecule is CCC(N)=Nc1ccc(Br)c2ccccc12. The van der Waals surface area contributed by atoms with Gasteiger partial charge in [0, 0.05) is 16.3 Å². The molecule has 0 aromatic heterocycles. The first-order chi connectivity index (χ1) is 7.72. The predicted molar refractivity (Wildman–Crippen MR) is 73.2 cm³/mol. The van der Waals surface area contributed by atoms with Crippen molar-refractivity contribution in [1.29, 1.82) is 0 Å². The van der Waals surface area contributed by atoms with E-state index in [0.29, 0.717) is 5.84 Å². The van der Waals surface area contributed by atoms with Crippen LogP contribution in [0.1, 0.15) is 13.3 Å². The molecule has 0 spiro atoms. The van der Waals surface area contributed by atoms with Gasteiger partial charge in [0.25, 0.3) is 0 Å². The first-order valence-electron chi connectivity index (χ1n) is 5.22. The van der Waals surface area contributed by atoms with Crippen molar-refractivity contribution in [3.8, 4) is 0 Å². The summed E-state index contributed by atoms with van der Waals surface area (Å²) >= 11 is 3.53. The minimum atomic E-state index is 0.660. The Morgan fingerprint density at radius 1 is 1.19 bits per heavy atom. The molecule has 2 nitrogen and oxygen atoms in total. The van der Waals surface area contributed by atoms with Gasteiger partial charge in [0.15, 0.2) is 0 Å². The minimum Gasteiger partial charge on any atom is -0.387 e. The molecule has 0 aliphatic rings. The lowest BCUT2D eigenvalue weighted by atomic mass is 10.1. The van der Waals surface area contributed by atoms with E-state index in [0.717, 1.165) is 27.4 Å². The van der Waals surface area contributed by atoms with E-state index in [-0.39, 0.29) is 0 Å². The Hall–Kier alpha value is -1.35. The van der Waals surface area contributed by atoms with Crippen molar-refractivity contribution >= 4 is 38.2 Å². The normalized spacial score (nSPS) is 12.0. The summed E-state index contributed by atoms with van der Waals surface area (Å²) < 4.78 is 1.08. The second kappa shape index (κ2) is 4.66. The summed E-state index contributed by atoms with van der Waals surface area (Å²) in [6, 6.07) is 12.1. The van der Waals surface area contributed by atoms with Gasteiger partial charge in [-0.2, -0.15) is 0 Å². The summed E-state index contributed by atoms with van der Waals surface area (Å²) in [4.78, 5) is 4.42. The summed E-state index contributed by atoms with van der Waals surface area (Å²) in [5, 5.41) is 2.28. The van der Waals surface area contributed by atoms with Gasteiger partial charge in [-0.3, -0.25) is 0 Å². The monoisotopic (exact) mass is 276 g/mol. The number of amidine groups is 1. The molecule has 2 aromatic rings. The molecule has 0 heterocycles. The molecule has 0 aliphatic heterocycles. The van der Waals surface area contributed by atoms with Crippen molar-refractivity contribution in [3.05, 3.63) is 40.9 Å². The molecule has 0 unspecified atom stereocenters. The maximum atomic E-state index is 5.77. The lowest BCUT2D eigenvalue weighted by Gasteiger charge is -2.05. The van der Waals surface area contributed by atoms with Crippen LogP contribution in [-0.2, 0) is 0 Å². The van der Waals surface area contributed by atoms with E-state index in [9.17, 15) is 0 Å². The highest BCUT2D eigenvalue weighted by Gasteiger charge is 2.02. The van der Waals surface area contributed by atoms with Gasteiger partial charge in [0.05, 0.1) is 11.5 Å². The lowest BCUT2D eigenvalue weighted by Crippen LogP contribution is -2.08. The van der Waals surface area contributed by atoms with Gasteiger partial charge >= 0.3 is 0 Å². The third kappa shape index (κ3) is 2.09. The predicted octanol–water partition coefficient (Wildman–Crippen LogP) is 4.00. The Labute approximate surface area is 103 Å². The van der Waals surface area contributed by atoms with Crippen molar-refractivity contribution < 1.29 is 0 Å². The highest BCUT2D eigenvalue weighted by atomic mass is 79.9. The molecule has 0 bridgehead atoms. The van der Waals surface area contributed by atoms with Gasteiger partial charge in [-0.1, -0.05) is 47.1 Å². The molecule has 16 heavy (non-hydrogen) atoms. The van der Waals surface area contributed by atoms with Crippen molar-refractivity contribution in [2.24, 2.45) is 10.7 Å². The third-order valence-corrected chi connectivity index (χ3v) is 3.17. The van der Waals surface area contributed by atoms with Crippen LogP contribution < -0.4 is 5.73 Å². The van der Waals surface area contributed by atoms with Crippen molar-refractivity contribution in [1.82, 2.24) is 0 Å². The summed E-state index contributed by atoms with van der Waals surface area (Å²) in [6.07, 6.45) is 0.768. The largest absolute Gasteiger partial charge is 0.387 e. The number of aliphatic imine (C=N–C) groups is 1. The number of rotatable bonds is 2. The van der Waals surface area contributed by atoms with Crippen LogP contribution in [-0.4, -0.2) is 5.84 Å². The summed E-state index contributed by atoms with van der Waals surface area (Å²) in [6.45, 7) is 2.00. The summed E-state index contributed by atoms with van der Waals surface area (Å²) in [7, 11) is 0. The topological polar surface area (TPSA) is 38.4 Å². The number of benzene rings is 2. The van der Waals surface area contributed by atoms with E-state index in [4.69, 9.17) is 5.73 Å². The summed E-state index contributed by atoms with van der Waals surface area (Å²) in [5.41, 5.74) is 6.70. The average molecular weight is 277 g/mol. The molecule has 0 aliphatic carbocycles. The average Bonchev–Trinajstić information content (AvgIpc) is 2.33. The van der Waals surface area contributed by atoms with Gasteiger partial charge < -0.3 is 5.73 Å². The van der Waals surface area contributed by atoms with E-state index in [1.807, 2.05) is 31.2 Å². The standard InChI is InChI=1S/C13H13BrN2/c1-2-13(15)16-12-8-7-11(14)9-5-3-4-6-10(9)12/h3-8H,2H2,1H3,(H2,15,16). The van der Waals surface area contributed by atoms with E-state index >= 15 is 0 Å². The quantitative estimate of drug-likeness (QED) is 0.654. The maximum Gasteiger partial charge on any atom is 0.0993 e. The number of hydrogen-bond acceptors (Lipinski definition) is 1. The fourth-order valence-electron chi connectivity index (χ4n) is 1.58. The lowest BCUT2D eigenvalue weighted by molar-refractivity contribution is 1.24. The van der Waals surface area contributed by atoms with Crippen molar-refractivity contribution in [3.63, 3.8) is 0 Å². The number of hydrogen-bond donors (Lipinski definition) is 1. The zero-order valence-electron chi connectivity index (χ0n) is 9.07. The smallest absolute Gasteiger partial charge is 0.0993 e.